The first-order chi connectivity index (χ1) is 15.5. The molecule has 1 fully saturated rings. The zero-order chi connectivity index (χ0) is 22.6. The Kier molecular flexibility index (Phi) is 6.36. The molecule has 2 aliphatic rings. The van der Waals surface area contributed by atoms with Crippen molar-refractivity contribution in [3.63, 3.8) is 0 Å². The Bertz CT molecular complexity index is 965. The molecule has 3 N–H and O–H groups in total. The Morgan fingerprint density at radius 1 is 1.00 bits per heavy atom. The number of methoxy groups -OCH3 is 2. The van der Waals surface area contributed by atoms with Gasteiger partial charge in [0.1, 0.15) is 28.8 Å². The monoisotopic (exact) mass is 437 g/mol. The summed E-state index contributed by atoms with van der Waals surface area (Å²) < 4.78 is 10.8. The highest BCUT2D eigenvalue weighted by molar-refractivity contribution is 5.84. The fourth-order valence-corrected chi connectivity index (χ4v) is 3.78. The number of nitrogens with zero attached hydrogens (tertiary/aromatic N) is 4. The Hall–Kier alpha value is -3.46. The zero-order valence-electron chi connectivity index (χ0n) is 19.1. The lowest BCUT2D eigenvalue weighted by Gasteiger charge is -2.41. The number of piperazine rings is 1. The number of likely N-dealkylation sites (N-methyl/N-ethyl adjacent to an activating group) is 1. The minimum atomic E-state index is -0.444. The molecule has 0 saturated carbocycles. The number of aromatic nitrogens is 1. The molecule has 1 aromatic carbocycles. The van der Waals surface area contributed by atoms with Crippen molar-refractivity contribution >= 4 is 17.5 Å². The molecule has 1 atom stereocenters. The molecular formula is C23H31N7O2. The Labute approximate surface area is 189 Å². The van der Waals surface area contributed by atoms with Gasteiger partial charge in [0, 0.05) is 56.3 Å². The molecule has 0 radical (unpaired) electrons. The number of nitrogens with one attached hydrogen (secondary N) is 3. The van der Waals surface area contributed by atoms with Gasteiger partial charge in [-0.15, -0.1) is 0 Å². The van der Waals surface area contributed by atoms with Crippen LogP contribution in [0.3, 0.4) is 0 Å². The van der Waals surface area contributed by atoms with Gasteiger partial charge in [-0.25, -0.2) is 4.98 Å². The topological polar surface area (TPSA) is 86.3 Å². The highest BCUT2D eigenvalue weighted by Gasteiger charge is 2.30. The third-order valence-electron chi connectivity index (χ3n) is 5.72. The van der Waals surface area contributed by atoms with Crippen molar-refractivity contribution in [3.05, 3.63) is 54.5 Å². The van der Waals surface area contributed by atoms with Crippen LogP contribution in [0.1, 0.15) is 6.92 Å². The molecule has 0 amide bonds. The molecule has 3 heterocycles. The van der Waals surface area contributed by atoms with Gasteiger partial charge in [-0.05, 0) is 32.2 Å². The molecule has 0 spiro atoms. The number of rotatable bonds is 6. The lowest BCUT2D eigenvalue weighted by Crippen LogP contribution is -2.62. The van der Waals surface area contributed by atoms with Crippen molar-refractivity contribution in [1.82, 2.24) is 20.5 Å². The summed E-state index contributed by atoms with van der Waals surface area (Å²) in [6.45, 7) is 5.55. The third-order valence-corrected chi connectivity index (χ3v) is 5.72. The minimum absolute atomic E-state index is 0.444. The Morgan fingerprint density at radius 2 is 1.69 bits per heavy atom. The summed E-state index contributed by atoms with van der Waals surface area (Å²) >= 11 is 0. The number of benzene rings is 1. The quantitative estimate of drug-likeness (QED) is 0.633. The number of anilines is 2. The molecule has 0 bridgehead atoms. The molecule has 170 valence electrons. The molecule has 32 heavy (non-hydrogen) atoms. The van der Waals surface area contributed by atoms with Crippen LogP contribution < -0.4 is 30.3 Å². The molecule has 4 rings (SSSR count). The molecule has 2 aromatic rings. The lowest BCUT2D eigenvalue weighted by molar-refractivity contribution is 0.340. The van der Waals surface area contributed by atoms with Crippen LogP contribution in [0.4, 0.5) is 11.5 Å². The van der Waals surface area contributed by atoms with Gasteiger partial charge in [0.15, 0.2) is 0 Å². The average molecular weight is 438 g/mol. The number of ether oxygens (including phenoxy) is 2. The summed E-state index contributed by atoms with van der Waals surface area (Å²) in [5.41, 5.74) is 0.399. The smallest absolute Gasteiger partial charge is 0.202 e. The van der Waals surface area contributed by atoms with Gasteiger partial charge in [0.25, 0.3) is 0 Å². The average Bonchev–Trinajstić information content (AvgIpc) is 2.84. The molecule has 9 nitrogen and oxygen atoms in total. The van der Waals surface area contributed by atoms with E-state index in [9.17, 15) is 0 Å². The van der Waals surface area contributed by atoms with Gasteiger partial charge >= 0.3 is 0 Å². The number of aliphatic imine (C=N–C) groups is 1. The zero-order valence-corrected chi connectivity index (χ0v) is 19.1. The summed E-state index contributed by atoms with van der Waals surface area (Å²) in [4.78, 5) is 13.9. The molecule has 1 saturated heterocycles. The van der Waals surface area contributed by atoms with Crippen LogP contribution in [0.2, 0.25) is 0 Å². The first kappa shape index (κ1) is 21.8. The maximum atomic E-state index is 5.39. The highest BCUT2D eigenvalue weighted by atomic mass is 16.5. The van der Waals surface area contributed by atoms with Crippen LogP contribution >= 0.6 is 0 Å². The van der Waals surface area contributed by atoms with E-state index in [0.29, 0.717) is 11.5 Å². The number of hydrogen-bond acceptors (Lipinski definition) is 9. The van der Waals surface area contributed by atoms with Crippen LogP contribution in [-0.4, -0.2) is 69.0 Å². The normalized spacial score (nSPS) is 20.8. The Morgan fingerprint density at radius 3 is 2.28 bits per heavy atom. The van der Waals surface area contributed by atoms with Gasteiger partial charge in [-0.2, -0.15) is 4.99 Å². The molecule has 1 unspecified atom stereocenters. The lowest BCUT2D eigenvalue weighted by atomic mass is 10.1. The van der Waals surface area contributed by atoms with E-state index in [4.69, 9.17) is 14.5 Å². The van der Waals surface area contributed by atoms with Gasteiger partial charge in [0.2, 0.25) is 5.96 Å². The first-order valence-electron chi connectivity index (χ1n) is 10.7. The van der Waals surface area contributed by atoms with Gasteiger partial charge in [0.05, 0.1) is 14.2 Å². The van der Waals surface area contributed by atoms with Crippen LogP contribution in [0.25, 0.3) is 0 Å². The number of guanidine groups is 1. The van der Waals surface area contributed by atoms with E-state index < -0.39 is 5.66 Å². The molecule has 9 heteroatoms. The van der Waals surface area contributed by atoms with E-state index in [-0.39, 0.29) is 0 Å². The minimum Gasteiger partial charge on any atom is -0.497 e. The van der Waals surface area contributed by atoms with Gasteiger partial charge in [-0.3, -0.25) is 5.32 Å². The molecule has 1 aromatic heterocycles. The standard InChI is InChI=1S/C23H31N7O2/c1-23(24-2)16-20(26-17-13-18(31-3)15-19(14-17)32-4)27-22(28-23)30-11-9-29(10-12-30)21-7-5-6-8-25-21/h5-8,13-16,24,26H,9-12H2,1-4H3,(H,27,28). The van der Waals surface area contributed by atoms with E-state index in [0.717, 1.165) is 49.5 Å². The van der Waals surface area contributed by atoms with E-state index in [2.05, 4.69) is 43.7 Å². The number of hydrogen-bond donors (Lipinski definition) is 3. The summed E-state index contributed by atoms with van der Waals surface area (Å²) in [7, 11) is 5.21. The van der Waals surface area contributed by atoms with Crippen molar-refractivity contribution < 1.29 is 9.47 Å². The summed E-state index contributed by atoms with van der Waals surface area (Å²) in [5.74, 6) is 4.03. The summed E-state index contributed by atoms with van der Waals surface area (Å²) in [6.07, 6.45) is 3.87. The van der Waals surface area contributed by atoms with Crippen LogP contribution in [-0.2, 0) is 0 Å². The second-order valence-corrected chi connectivity index (χ2v) is 7.93. The molecular weight excluding hydrogens is 406 g/mol. The number of pyridine rings is 1. The fraction of sp³-hybridized carbons (Fsp3) is 0.391. The second-order valence-electron chi connectivity index (χ2n) is 7.93. The summed E-state index contributed by atoms with van der Waals surface area (Å²) in [6, 6.07) is 11.7. The SMILES string of the molecule is CNC1(C)C=C(Nc2cc(OC)cc(OC)c2)N=C(N2CCN(c3ccccn3)CC2)N1. The van der Waals surface area contributed by atoms with Crippen LogP contribution in [0, 0.1) is 0 Å². The van der Waals surface area contributed by atoms with Crippen LogP contribution in [0.15, 0.2) is 59.5 Å². The first-order valence-corrected chi connectivity index (χ1v) is 10.7. The fourth-order valence-electron chi connectivity index (χ4n) is 3.78. The van der Waals surface area contributed by atoms with E-state index >= 15 is 0 Å². The molecule has 0 aliphatic carbocycles. The third kappa shape index (κ3) is 4.88. The van der Waals surface area contributed by atoms with Crippen molar-refractivity contribution in [2.75, 3.05) is 57.7 Å². The predicted molar refractivity (Wildman–Crippen MR) is 127 cm³/mol. The maximum absolute atomic E-state index is 5.39. The van der Waals surface area contributed by atoms with Crippen molar-refractivity contribution in [1.29, 1.82) is 0 Å². The van der Waals surface area contributed by atoms with E-state index in [1.54, 1.807) is 14.2 Å². The predicted octanol–water partition coefficient (Wildman–Crippen LogP) is 2.07. The molecule has 2 aliphatic heterocycles. The second kappa shape index (κ2) is 9.35. The van der Waals surface area contributed by atoms with E-state index in [1.165, 1.54) is 0 Å². The van der Waals surface area contributed by atoms with Crippen molar-refractivity contribution in [3.8, 4) is 11.5 Å². The highest BCUT2D eigenvalue weighted by Crippen LogP contribution is 2.28. The van der Waals surface area contributed by atoms with Crippen molar-refractivity contribution in [2.45, 2.75) is 12.6 Å². The Balaban J connectivity index is 1.51. The van der Waals surface area contributed by atoms with Crippen molar-refractivity contribution in [2.24, 2.45) is 4.99 Å². The maximum Gasteiger partial charge on any atom is 0.202 e. The van der Waals surface area contributed by atoms with Gasteiger partial charge in [-0.1, -0.05) is 6.07 Å². The largest absolute Gasteiger partial charge is 0.497 e. The van der Waals surface area contributed by atoms with E-state index in [1.807, 2.05) is 49.7 Å². The van der Waals surface area contributed by atoms with Crippen LogP contribution in [0.5, 0.6) is 11.5 Å². The summed E-state index contributed by atoms with van der Waals surface area (Å²) in [5, 5.41) is 10.3. The van der Waals surface area contributed by atoms with Gasteiger partial charge < -0.3 is 29.9 Å².